The van der Waals surface area contributed by atoms with Crippen LogP contribution in [-0.4, -0.2) is 16.5 Å². The van der Waals surface area contributed by atoms with E-state index in [0.29, 0.717) is 5.95 Å². The van der Waals surface area contributed by atoms with Crippen molar-refractivity contribution in [2.45, 2.75) is 26.7 Å². The van der Waals surface area contributed by atoms with E-state index in [2.05, 4.69) is 70.7 Å². The van der Waals surface area contributed by atoms with Gasteiger partial charge in [0.1, 0.15) is 0 Å². The van der Waals surface area contributed by atoms with Crippen molar-refractivity contribution in [2.75, 3.05) is 11.9 Å². The quantitative estimate of drug-likeness (QED) is 0.378. The second-order valence-corrected chi connectivity index (χ2v) is 6.81. The zero-order chi connectivity index (χ0) is 21.1. The highest BCUT2D eigenvalue weighted by Crippen LogP contribution is 2.20. The molecule has 4 nitrogen and oxygen atoms in total. The van der Waals surface area contributed by atoms with Gasteiger partial charge in [0.05, 0.1) is 0 Å². The smallest absolute Gasteiger partial charge is 0.227 e. The molecule has 0 aliphatic rings. The van der Waals surface area contributed by atoms with E-state index in [-0.39, 0.29) is 0 Å². The van der Waals surface area contributed by atoms with Crippen LogP contribution in [-0.2, 0) is 6.42 Å². The van der Waals surface area contributed by atoms with Gasteiger partial charge in [-0.2, -0.15) is 0 Å². The molecule has 2 N–H and O–H groups in total. The molecule has 29 heavy (non-hydrogen) atoms. The lowest BCUT2D eigenvalue weighted by Gasteiger charge is -2.10. The number of aromatic nitrogens is 2. The Kier molecular flexibility index (Phi) is 8.64. The van der Waals surface area contributed by atoms with Crippen molar-refractivity contribution in [1.82, 2.24) is 15.3 Å². The van der Waals surface area contributed by atoms with E-state index in [4.69, 9.17) is 0 Å². The zero-order valence-corrected chi connectivity index (χ0v) is 17.4. The van der Waals surface area contributed by atoms with Crippen LogP contribution in [0.4, 0.5) is 5.95 Å². The van der Waals surface area contributed by atoms with Crippen molar-refractivity contribution in [1.29, 1.82) is 0 Å². The maximum absolute atomic E-state index is 4.38. The minimum absolute atomic E-state index is 0.554. The normalized spacial score (nSPS) is 11.3. The fourth-order valence-electron chi connectivity index (χ4n) is 2.65. The monoisotopic (exact) mass is 386 g/mol. The Labute approximate surface area is 174 Å². The van der Waals surface area contributed by atoms with E-state index in [1.54, 1.807) is 6.08 Å². The lowest BCUT2D eigenvalue weighted by atomic mass is 10.0. The van der Waals surface area contributed by atoms with Gasteiger partial charge >= 0.3 is 0 Å². The first kappa shape index (κ1) is 21.9. The highest BCUT2D eigenvalue weighted by Gasteiger charge is 2.03. The first-order valence-electron chi connectivity index (χ1n) is 9.72. The van der Waals surface area contributed by atoms with Crippen LogP contribution >= 0.6 is 0 Å². The van der Waals surface area contributed by atoms with Crippen LogP contribution in [0, 0.1) is 0 Å². The van der Waals surface area contributed by atoms with Crippen molar-refractivity contribution in [3.05, 3.63) is 103 Å². The number of nitrogens with one attached hydrogen (secondary N) is 2. The van der Waals surface area contributed by atoms with Gasteiger partial charge in [-0.1, -0.05) is 67.8 Å². The lowest BCUT2D eigenvalue weighted by Crippen LogP contribution is -2.15. The number of nitrogens with zero attached hydrogens (tertiary/aromatic N) is 2. The average Bonchev–Trinajstić information content (AvgIpc) is 2.72. The summed E-state index contributed by atoms with van der Waals surface area (Å²) in [6, 6.07) is 8.41. The third-order valence-corrected chi connectivity index (χ3v) is 4.23. The number of rotatable bonds is 11. The summed E-state index contributed by atoms with van der Waals surface area (Å²) >= 11 is 0. The topological polar surface area (TPSA) is 49.8 Å². The zero-order valence-electron chi connectivity index (χ0n) is 17.4. The van der Waals surface area contributed by atoms with Crippen molar-refractivity contribution < 1.29 is 0 Å². The standard InChI is InChI=1S/C25H30N4/c1-6-24(7-2)29-25-27-17-23(18-28-25)22-13-11-21(12-14-22)16-20(5)26-15-9-8-10-19(3)4/h6-8,10-14,17-18,26H,1,3,5,9,15-16H2,2,4H3,(H,27,28,29)/b10-8-,24-7+. The molecule has 0 spiro atoms. The summed E-state index contributed by atoms with van der Waals surface area (Å²) in [6.45, 7) is 16.5. The lowest BCUT2D eigenvalue weighted by molar-refractivity contribution is 0.780. The van der Waals surface area contributed by atoms with Gasteiger partial charge in [-0.05, 0) is 37.5 Å². The van der Waals surface area contributed by atoms with Crippen LogP contribution in [0.1, 0.15) is 25.8 Å². The summed E-state index contributed by atoms with van der Waals surface area (Å²) in [7, 11) is 0. The van der Waals surface area contributed by atoms with E-state index >= 15 is 0 Å². The van der Waals surface area contributed by atoms with Crippen molar-refractivity contribution >= 4 is 5.95 Å². The molecule has 150 valence electrons. The van der Waals surface area contributed by atoms with E-state index < -0.39 is 0 Å². The second-order valence-electron chi connectivity index (χ2n) is 6.81. The fraction of sp³-hybridized carbons (Fsp3) is 0.200. The molecular formula is C25H30N4. The first-order chi connectivity index (χ1) is 14.0. The van der Waals surface area contributed by atoms with E-state index in [0.717, 1.165) is 47.5 Å². The molecule has 0 aliphatic heterocycles. The van der Waals surface area contributed by atoms with Gasteiger partial charge in [-0.25, -0.2) is 9.97 Å². The second kappa shape index (κ2) is 11.4. The number of hydrogen-bond donors (Lipinski definition) is 2. The number of benzene rings is 1. The maximum atomic E-state index is 4.38. The van der Waals surface area contributed by atoms with Crippen molar-refractivity contribution in [2.24, 2.45) is 0 Å². The number of anilines is 1. The minimum atomic E-state index is 0.554. The molecule has 0 saturated carbocycles. The molecule has 0 unspecified atom stereocenters. The fourth-order valence-corrected chi connectivity index (χ4v) is 2.65. The molecule has 0 saturated heterocycles. The highest BCUT2D eigenvalue weighted by molar-refractivity contribution is 5.62. The third kappa shape index (κ3) is 7.62. The predicted octanol–water partition coefficient (Wildman–Crippen LogP) is 5.81. The third-order valence-electron chi connectivity index (χ3n) is 4.23. The molecule has 0 aliphatic carbocycles. The summed E-state index contributed by atoms with van der Waals surface area (Å²) in [5.41, 5.74) is 6.24. The van der Waals surface area contributed by atoms with Gasteiger partial charge in [-0.15, -0.1) is 0 Å². The van der Waals surface area contributed by atoms with Crippen LogP contribution in [0.3, 0.4) is 0 Å². The van der Waals surface area contributed by atoms with Gasteiger partial charge in [0.25, 0.3) is 0 Å². The summed E-state index contributed by atoms with van der Waals surface area (Å²) in [5, 5.41) is 6.48. The van der Waals surface area contributed by atoms with Crippen LogP contribution in [0.25, 0.3) is 11.1 Å². The molecule has 4 heteroatoms. The van der Waals surface area contributed by atoms with Gasteiger partial charge in [-0.3, -0.25) is 0 Å². The Morgan fingerprint density at radius 2 is 1.76 bits per heavy atom. The molecule has 0 bridgehead atoms. The highest BCUT2D eigenvalue weighted by atomic mass is 15.1. The molecule has 0 radical (unpaired) electrons. The average molecular weight is 387 g/mol. The number of allylic oxidation sites excluding steroid dienone is 5. The maximum Gasteiger partial charge on any atom is 0.227 e. The Balaban J connectivity index is 1.88. The predicted molar refractivity (Wildman–Crippen MR) is 124 cm³/mol. The SMILES string of the molecule is C=C/C(=C\C)Nc1ncc(-c2ccc(CC(=C)NCC/C=C\C(=C)C)cc2)cn1. The van der Waals surface area contributed by atoms with Gasteiger partial charge < -0.3 is 10.6 Å². The van der Waals surface area contributed by atoms with E-state index in [1.807, 2.05) is 38.4 Å². The van der Waals surface area contributed by atoms with Crippen LogP contribution in [0.2, 0.25) is 0 Å². The van der Waals surface area contributed by atoms with E-state index in [9.17, 15) is 0 Å². The Morgan fingerprint density at radius 1 is 1.07 bits per heavy atom. The first-order valence-corrected chi connectivity index (χ1v) is 9.72. The minimum Gasteiger partial charge on any atom is -0.388 e. The molecule has 2 rings (SSSR count). The molecule has 0 fully saturated rings. The van der Waals surface area contributed by atoms with Crippen LogP contribution in [0.5, 0.6) is 0 Å². The van der Waals surface area contributed by atoms with Crippen LogP contribution < -0.4 is 10.6 Å². The van der Waals surface area contributed by atoms with Crippen molar-refractivity contribution in [3.8, 4) is 11.1 Å². The Bertz CT molecular complexity index is 887. The molecule has 1 aromatic carbocycles. The van der Waals surface area contributed by atoms with Gasteiger partial charge in [0.15, 0.2) is 0 Å². The molecule has 2 aromatic rings. The molecule has 1 aromatic heterocycles. The molecular weight excluding hydrogens is 356 g/mol. The Hall–Kier alpha value is -3.40. The summed E-state index contributed by atoms with van der Waals surface area (Å²) in [6.07, 6.45) is 13.2. The van der Waals surface area contributed by atoms with Gasteiger partial charge in [0.2, 0.25) is 5.95 Å². The number of hydrogen-bond acceptors (Lipinski definition) is 4. The Morgan fingerprint density at radius 3 is 2.34 bits per heavy atom. The summed E-state index contributed by atoms with van der Waals surface area (Å²) in [4.78, 5) is 8.75. The summed E-state index contributed by atoms with van der Waals surface area (Å²) in [5.74, 6) is 0.554. The largest absolute Gasteiger partial charge is 0.388 e. The van der Waals surface area contributed by atoms with Crippen LogP contribution in [0.15, 0.2) is 97.7 Å². The van der Waals surface area contributed by atoms with Gasteiger partial charge in [0, 0.05) is 42.3 Å². The van der Waals surface area contributed by atoms with Crippen molar-refractivity contribution in [3.63, 3.8) is 0 Å². The molecule has 0 atom stereocenters. The molecule has 0 amide bonds. The van der Waals surface area contributed by atoms with E-state index in [1.165, 1.54) is 5.56 Å². The summed E-state index contributed by atoms with van der Waals surface area (Å²) < 4.78 is 0. The molecule has 1 heterocycles.